The minimum absolute atomic E-state index is 0.0382. The van der Waals surface area contributed by atoms with Crippen LogP contribution in [0.3, 0.4) is 0 Å². The van der Waals surface area contributed by atoms with Crippen LogP contribution in [0.5, 0.6) is 11.5 Å². The van der Waals surface area contributed by atoms with E-state index in [-0.39, 0.29) is 21.5 Å². The summed E-state index contributed by atoms with van der Waals surface area (Å²) in [4.78, 5) is 0. The van der Waals surface area contributed by atoms with Gasteiger partial charge in [0.2, 0.25) is 0 Å². The first-order chi connectivity index (χ1) is 8.91. The van der Waals surface area contributed by atoms with Crippen molar-refractivity contribution in [3.63, 3.8) is 0 Å². The Balaban J connectivity index is 2.68. The predicted octanol–water partition coefficient (Wildman–Crippen LogP) is 4.92. The molecule has 2 aromatic carbocycles. The first-order valence-electron chi connectivity index (χ1n) is 5.64. The molecule has 3 nitrogen and oxygen atoms in total. The topological polar surface area (TPSA) is 53.6 Å². The van der Waals surface area contributed by atoms with E-state index < -0.39 is 0 Å². The SMILES string of the molecule is Cc1cc(O)c(Cl)c2oc3c(Cl)c(O)cc(C)c3c12. The van der Waals surface area contributed by atoms with Gasteiger partial charge in [0.15, 0.2) is 11.2 Å². The standard InChI is InChI=1S/C14H10Cl2O3/c1-5-3-7(17)11(15)13-9(5)10-6(2)4-8(18)12(16)14(10)19-13/h3-4,17-18H,1-2H3. The lowest BCUT2D eigenvalue weighted by atomic mass is 10.0. The Morgan fingerprint density at radius 1 is 0.842 bits per heavy atom. The van der Waals surface area contributed by atoms with Gasteiger partial charge in [-0.1, -0.05) is 23.2 Å². The van der Waals surface area contributed by atoms with Crippen LogP contribution < -0.4 is 0 Å². The van der Waals surface area contributed by atoms with E-state index in [4.69, 9.17) is 27.6 Å². The zero-order chi connectivity index (χ0) is 13.9. The number of hydrogen-bond acceptors (Lipinski definition) is 3. The van der Waals surface area contributed by atoms with E-state index in [0.29, 0.717) is 11.2 Å². The van der Waals surface area contributed by atoms with Crippen molar-refractivity contribution in [2.75, 3.05) is 0 Å². The Labute approximate surface area is 119 Å². The molecule has 1 heterocycles. The van der Waals surface area contributed by atoms with Gasteiger partial charge < -0.3 is 14.6 Å². The van der Waals surface area contributed by atoms with Gasteiger partial charge in [0.1, 0.15) is 21.5 Å². The number of fused-ring (bicyclic) bond motifs is 3. The van der Waals surface area contributed by atoms with Crippen LogP contribution in [0.25, 0.3) is 21.9 Å². The molecule has 0 radical (unpaired) electrons. The molecule has 1 aromatic heterocycles. The minimum Gasteiger partial charge on any atom is -0.506 e. The molecular weight excluding hydrogens is 287 g/mol. The van der Waals surface area contributed by atoms with Gasteiger partial charge in [0.05, 0.1) is 0 Å². The molecule has 19 heavy (non-hydrogen) atoms. The summed E-state index contributed by atoms with van der Waals surface area (Å²) >= 11 is 12.1. The quantitative estimate of drug-likeness (QED) is 0.619. The van der Waals surface area contributed by atoms with Crippen LogP contribution in [0, 0.1) is 13.8 Å². The van der Waals surface area contributed by atoms with Crippen LogP contribution in [0.15, 0.2) is 16.5 Å². The van der Waals surface area contributed by atoms with Crippen molar-refractivity contribution in [3.05, 3.63) is 33.3 Å². The lowest BCUT2D eigenvalue weighted by Gasteiger charge is -2.03. The Bertz CT molecular complexity index is 766. The molecule has 3 aromatic rings. The van der Waals surface area contributed by atoms with E-state index in [1.54, 1.807) is 12.1 Å². The molecule has 0 aliphatic heterocycles. The van der Waals surface area contributed by atoms with Crippen LogP contribution >= 0.6 is 23.2 Å². The number of halogens is 2. The highest BCUT2D eigenvalue weighted by molar-refractivity contribution is 6.40. The van der Waals surface area contributed by atoms with Crippen LogP contribution in [0.4, 0.5) is 0 Å². The Kier molecular flexibility index (Phi) is 2.59. The fourth-order valence-corrected chi connectivity index (χ4v) is 2.78. The van der Waals surface area contributed by atoms with E-state index in [1.165, 1.54) is 0 Å². The number of aromatic hydroxyl groups is 2. The molecule has 2 N–H and O–H groups in total. The number of rotatable bonds is 0. The number of hydrogen-bond donors (Lipinski definition) is 2. The molecule has 0 amide bonds. The van der Waals surface area contributed by atoms with Crippen molar-refractivity contribution < 1.29 is 14.6 Å². The maximum Gasteiger partial charge on any atom is 0.158 e. The van der Waals surface area contributed by atoms with E-state index in [0.717, 1.165) is 21.9 Å². The molecule has 98 valence electrons. The molecule has 0 spiro atoms. The smallest absolute Gasteiger partial charge is 0.158 e. The van der Waals surface area contributed by atoms with Gasteiger partial charge in [-0.25, -0.2) is 0 Å². The number of benzene rings is 2. The van der Waals surface area contributed by atoms with E-state index in [9.17, 15) is 10.2 Å². The summed E-state index contributed by atoms with van der Waals surface area (Å²) in [7, 11) is 0. The number of phenols is 2. The molecule has 0 saturated carbocycles. The third-order valence-electron chi connectivity index (χ3n) is 3.25. The molecule has 0 saturated heterocycles. The summed E-state index contributed by atoms with van der Waals surface area (Å²) in [5.41, 5.74) is 2.43. The van der Waals surface area contributed by atoms with Gasteiger partial charge in [0.25, 0.3) is 0 Å². The van der Waals surface area contributed by atoms with Gasteiger partial charge >= 0.3 is 0 Å². The van der Waals surface area contributed by atoms with E-state index >= 15 is 0 Å². The van der Waals surface area contributed by atoms with Crippen LogP contribution in [-0.4, -0.2) is 10.2 Å². The second-order valence-electron chi connectivity index (χ2n) is 4.56. The average molecular weight is 297 g/mol. The van der Waals surface area contributed by atoms with Crippen molar-refractivity contribution >= 4 is 45.1 Å². The van der Waals surface area contributed by atoms with E-state index in [2.05, 4.69) is 0 Å². The monoisotopic (exact) mass is 296 g/mol. The molecule has 3 rings (SSSR count). The van der Waals surface area contributed by atoms with Crippen molar-refractivity contribution in [2.24, 2.45) is 0 Å². The second kappa shape index (κ2) is 3.95. The van der Waals surface area contributed by atoms with Crippen LogP contribution in [0.1, 0.15) is 11.1 Å². The highest BCUT2D eigenvalue weighted by Crippen LogP contribution is 2.45. The van der Waals surface area contributed by atoms with Crippen molar-refractivity contribution in [1.29, 1.82) is 0 Å². The van der Waals surface area contributed by atoms with Gasteiger partial charge in [-0.3, -0.25) is 0 Å². The summed E-state index contributed by atoms with van der Waals surface area (Å²) in [5, 5.41) is 21.4. The van der Waals surface area contributed by atoms with Gasteiger partial charge in [-0.2, -0.15) is 0 Å². The molecule has 0 unspecified atom stereocenters. The third-order valence-corrected chi connectivity index (χ3v) is 3.98. The van der Waals surface area contributed by atoms with E-state index in [1.807, 2.05) is 13.8 Å². The van der Waals surface area contributed by atoms with Crippen LogP contribution in [-0.2, 0) is 0 Å². The van der Waals surface area contributed by atoms with Gasteiger partial charge in [-0.05, 0) is 37.1 Å². The average Bonchev–Trinajstić information content (AvgIpc) is 2.75. The summed E-state index contributed by atoms with van der Waals surface area (Å²) in [6.07, 6.45) is 0. The highest BCUT2D eigenvalue weighted by atomic mass is 35.5. The zero-order valence-corrected chi connectivity index (χ0v) is 11.7. The lowest BCUT2D eigenvalue weighted by molar-refractivity contribution is 0.474. The molecule has 0 bridgehead atoms. The minimum atomic E-state index is -0.0382. The zero-order valence-electron chi connectivity index (χ0n) is 10.2. The Morgan fingerprint density at radius 3 is 1.58 bits per heavy atom. The number of furan rings is 1. The largest absolute Gasteiger partial charge is 0.506 e. The second-order valence-corrected chi connectivity index (χ2v) is 5.32. The predicted molar refractivity (Wildman–Crippen MR) is 76.5 cm³/mol. The fraction of sp³-hybridized carbons (Fsp3) is 0.143. The molecular formula is C14H10Cl2O3. The normalized spacial score (nSPS) is 11.6. The summed E-state index contributed by atoms with van der Waals surface area (Å²) in [6.45, 7) is 3.71. The highest BCUT2D eigenvalue weighted by Gasteiger charge is 2.20. The summed E-state index contributed by atoms with van der Waals surface area (Å²) in [6, 6.07) is 3.17. The lowest BCUT2D eigenvalue weighted by Crippen LogP contribution is -1.81. The number of aryl methyl sites for hydroxylation is 2. The molecule has 0 fully saturated rings. The van der Waals surface area contributed by atoms with Gasteiger partial charge in [0, 0.05) is 10.8 Å². The maximum absolute atomic E-state index is 9.74. The van der Waals surface area contributed by atoms with Crippen molar-refractivity contribution in [3.8, 4) is 11.5 Å². The Morgan fingerprint density at radius 2 is 1.21 bits per heavy atom. The van der Waals surface area contributed by atoms with Crippen molar-refractivity contribution in [1.82, 2.24) is 0 Å². The van der Waals surface area contributed by atoms with Crippen molar-refractivity contribution in [2.45, 2.75) is 13.8 Å². The summed E-state index contributed by atoms with van der Waals surface area (Å²) < 4.78 is 5.65. The Hall–Kier alpha value is -1.58. The first kappa shape index (κ1) is 12.5. The summed E-state index contributed by atoms with van der Waals surface area (Å²) in [5.74, 6) is -0.0764. The fourth-order valence-electron chi connectivity index (χ4n) is 2.41. The van der Waals surface area contributed by atoms with Gasteiger partial charge in [-0.15, -0.1) is 0 Å². The molecule has 0 aliphatic carbocycles. The molecule has 0 aliphatic rings. The van der Waals surface area contributed by atoms with Crippen LogP contribution in [0.2, 0.25) is 10.0 Å². The molecule has 5 heteroatoms. The molecule has 0 atom stereocenters. The number of phenolic OH excluding ortho intramolecular Hbond substituents is 2. The maximum atomic E-state index is 9.74. The third kappa shape index (κ3) is 1.58. The first-order valence-corrected chi connectivity index (χ1v) is 6.39.